The van der Waals surface area contributed by atoms with Crippen molar-refractivity contribution in [1.29, 1.82) is 0 Å². The lowest BCUT2D eigenvalue weighted by Crippen LogP contribution is -2.15. The Bertz CT molecular complexity index is 441. The fourth-order valence-corrected chi connectivity index (χ4v) is 1.71. The van der Waals surface area contributed by atoms with E-state index in [4.69, 9.17) is 5.11 Å². The molecule has 1 aromatic carbocycles. The maximum atomic E-state index is 11.4. The molecule has 3 N–H and O–H groups in total. The van der Waals surface area contributed by atoms with Crippen molar-refractivity contribution < 1.29 is 19.8 Å². The number of carbonyl (C=O) groups is 2. The number of aromatic hydroxyl groups is 1. The number of aliphatic carboxylic acids is 1. The third-order valence-corrected chi connectivity index (χ3v) is 2.39. The van der Waals surface area contributed by atoms with Crippen molar-refractivity contribution in [3.05, 3.63) is 23.8 Å². The fourth-order valence-electron chi connectivity index (χ4n) is 1.71. The van der Waals surface area contributed by atoms with Gasteiger partial charge in [0.2, 0.25) is 5.91 Å². The van der Waals surface area contributed by atoms with Gasteiger partial charge in [-0.2, -0.15) is 0 Å². The minimum Gasteiger partial charge on any atom is -0.506 e. The van der Waals surface area contributed by atoms with Gasteiger partial charge in [0.15, 0.2) is 0 Å². The quantitative estimate of drug-likeness (QED) is 0.629. The predicted octanol–water partition coefficient (Wildman–Crippen LogP) is 0.903. The van der Waals surface area contributed by atoms with Gasteiger partial charge in [-0.3, -0.25) is 9.59 Å². The molecule has 15 heavy (non-hydrogen) atoms. The molecule has 1 amide bonds. The summed E-state index contributed by atoms with van der Waals surface area (Å²) < 4.78 is 0. The summed E-state index contributed by atoms with van der Waals surface area (Å²) in [5, 5.41) is 20.6. The molecule has 5 nitrogen and oxygen atoms in total. The van der Waals surface area contributed by atoms with Crippen molar-refractivity contribution in [2.45, 2.75) is 12.3 Å². The molecule has 0 bridgehead atoms. The second-order valence-electron chi connectivity index (χ2n) is 3.38. The number of phenols is 1. The van der Waals surface area contributed by atoms with Crippen molar-refractivity contribution >= 4 is 17.6 Å². The summed E-state index contributed by atoms with van der Waals surface area (Å²) in [6, 6.07) is 4.67. The molecule has 0 aliphatic carbocycles. The van der Waals surface area contributed by atoms with Crippen LogP contribution >= 0.6 is 0 Å². The number of carboxylic acid groups (broad SMARTS) is 1. The van der Waals surface area contributed by atoms with Crippen LogP contribution in [-0.4, -0.2) is 22.1 Å². The summed E-state index contributed by atoms with van der Waals surface area (Å²) in [4.78, 5) is 22.0. The van der Waals surface area contributed by atoms with Crippen LogP contribution < -0.4 is 5.32 Å². The third kappa shape index (κ3) is 1.52. The molecule has 1 atom stereocenters. The van der Waals surface area contributed by atoms with Crippen LogP contribution in [-0.2, 0) is 9.59 Å². The Hall–Kier alpha value is -2.04. The van der Waals surface area contributed by atoms with Crippen LogP contribution in [0.1, 0.15) is 17.9 Å². The average molecular weight is 207 g/mol. The van der Waals surface area contributed by atoms with E-state index in [9.17, 15) is 14.7 Å². The number of amides is 1. The SMILES string of the molecule is O=C(O)C[C@@H]1C(=O)Nc2c(O)cccc21. The number of carbonyl (C=O) groups excluding carboxylic acids is 1. The number of hydrogen-bond donors (Lipinski definition) is 3. The second kappa shape index (κ2) is 3.27. The van der Waals surface area contributed by atoms with Gasteiger partial charge >= 0.3 is 5.97 Å². The maximum absolute atomic E-state index is 11.4. The molecule has 0 aromatic heterocycles. The Balaban J connectivity index is 2.41. The monoisotopic (exact) mass is 207 g/mol. The van der Waals surface area contributed by atoms with E-state index in [1.54, 1.807) is 12.1 Å². The molecule has 0 spiro atoms. The Kier molecular flexibility index (Phi) is 2.07. The molecular weight excluding hydrogens is 198 g/mol. The smallest absolute Gasteiger partial charge is 0.304 e. The highest BCUT2D eigenvalue weighted by atomic mass is 16.4. The van der Waals surface area contributed by atoms with Gasteiger partial charge in [0.1, 0.15) is 5.75 Å². The highest BCUT2D eigenvalue weighted by molar-refractivity contribution is 6.05. The van der Waals surface area contributed by atoms with E-state index in [1.165, 1.54) is 6.07 Å². The summed E-state index contributed by atoms with van der Waals surface area (Å²) >= 11 is 0. The fraction of sp³-hybridized carbons (Fsp3) is 0.200. The zero-order valence-corrected chi connectivity index (χ0v) is 7.73. The highest BCUT2D eigenvalue weighted by Crippen LogP contribution is 2.39. The zero-order valence-electron chi connectivity index (χ0n) is 7.73. The number of phenolic OH excluding ortho intramolecular Hbond substituents is 1. The molecule has 1 aliphatic heterocycles. The van der Waals surface area contributed by atoms with E-state index in [2.05, 4.69) is 5.32 Å². The van der Waals surface area contributed by atoms with E-state index in [-0.39, 0.29) is 18.1 Å². The molecule has 0 fully saturated rings. The Morgan fingerprint density at radius 3 is 2.87 bits per heavy atom. The van der Waals surface area contributed by atoms with Gasteiger partial charge in [0, 0.05) is 0 Å². The van der Waals surface area contributed by atoms with Gasteiger partial charge in [-0.15, -0.1) is 0 Å². The number of para-hydroxylation sites is 1. The Labute approximate surface area is 85.3 Å². The van der Waals surface area contributed by atoms with Gasteiger partial charge in [-0.25, -0.2) is 0 Å². The van der Waals surface area contributed by atoms with Gasteiger partial charge < -0.3 is 15.5 Å². The van der Waals surface area contributed by atoms with Gasteiger partial charge in [0.25, 0.3) is 0 Å². The summed E-state index contributed by atoms with van der Waals surface area (Å²) in [5.41, 5.74) is 0.871. The van der Waals surface area contributed by atoms with Gasteiger partial charge in [0.05, 0.1) is 18.0 Å². The van der Waals surface area contributed by atoms with Crippen LogP contribution in [0.5, 0.6) is 5.75 Å². The molecule has 78 valence electrons. The molecule has 2 rings (SSSR count). The van der Waals surface area contributed by atoms with E-state index < -0.39 is 11.9 Å². The number of rotatable bonds is 2. The number of fused-ring (bicyclic) bond motifs is 1. The lowest BCUT2D eigenvalue weighted by atomic mass is 9.97. The van der Waals surface area contributed by atoms with Crippen molar-refractivity contribution in [3.8, 4) is 5.75 Å². The predicted molar refractivity (Wildman–Crippen MR) is 51.7 cm³/mol. The van der Waals surface area contributed by atoms with Crippen LogP contribution in [0.3, 0.4) is 0 Å². The first-order valence-electron chi connectivity index (χ1n) is 4.44. The van der Waals surface area contributed by atoms with Gasteiger partial charge in [-0.05, 0) is 11.6 Å². The Morgan fingerprint density at radius 1 is 1.47 bits per heavy atom. The lowest BCUT2D eigenvalue weighted by Gasteiger charge is -2.04. The number of anilines is 1. The maximum Gasteiger partial charge on any atom is 0.304 e. The molecule has 0 radical (unpaired) electrons. The molecular formula is C10H9NO4. The number of hydrogen-bond acceptors (Lipinski definition) is 3. The standard InChI is InChI=1S/C10H9NO4/c12-7-3-1-2-5-6(4-8(13)14)10(15)11-9(5)7/h1-3,6,12H,4H2,(H,11,15)(H,13,14)/t6-/m0/s1. The zero-order chi connectivity index (χ0) is 11.0. The van der Waals surface area contributed by atoms with Gasteiger partial charge in [-0.1, -0.05) is 12.1 Å². The summed E-state index contributed by atoms with van der Waals surface area (Å²) in [6.45, 7) is 0. The van der Waals surface area contributed by atoms with Crippen LogP contribution in [0.2, 0.25) is 0 Å². The van der Waals surface area contributed by atoms with Crippen molar-refractivity contribution in [2.24, 2.45) is 0 Å². The van der Waals surface area contributed by atoms with E-state index >= 15 is 0 Å². The number of benzene rings is 1. The van der Waals surface area contributed by atoms with Crippen LogP contribution in [0, 0.1) is 0 Å². The van der Waals surface area contributed by atoms with E-state index in [1.807, 2.05) is 0 Å². The first kappa shape index (κ1) is 9.51. The molecule has 0 unspecified atom stereocenters. The van der Waals surface area contributed by atoms with Crippen molar-refractivity contribution in [2.75, 3.05) is 5.32 Å². The lowest BCUT2D eigenvalue weighted by molar-refractivity contribution is -0.138. The average Bonchev–Trinajstić information content (AvgIpc) is 2.45. The highest BCUT2D eigenvalue weighted by Gasteiger charge is 2.33. The second-order valence-corrected chi connectivity index (χ2v) is 3.38. The number of carboxylic acids is 1. The minimum atomic E-state index is -1.04. The molecule has 5 heteroatoms. The Morgan fingerprint density at radius 2 is 2.20 bits per heavy atom. The molecule has 1 heterocycles. The van der Waals surface area contributed by atoms with Crippen LogP contribution in [0.15, 0.2) is 18.2 Å². The van der Waals surface area contributed by atoms with Crippen molar-refractivity contribution in [3.63, 3.8) is 0 Å². The number of nitrogens with one attached hydrogen (secondary N) is 1. The van der Waals surface area contributed by atoms with Crippen LogP contribution in [0.4, 0.5) is 5.69 Å². The van der Waals surface area contributed by atoms with Crippen molar-refractivity contribution in [1.82, 2.24) is 0 Å². The molecule has 0 saturated carbocycles. The minimum absolute atomic E-state index is 0.0336. The summed E-state index contributed by atoms with van der Waals surface area (Å²) in [5.74, 6) is -2.15. The first-order valence-corrected chi connectivity index (χ1v) is 4.44. The molecule has 1 aliphatic rings. The topological polar surface area (TPSA) is 86.6 Å². The summed E-state index contributed by atoms with van der Waals surface area (Å²) in [6.07, 6.45) is -0.262. The first-order chi connectivity index (χ1) is 7.09. The third-order valence-electron chi connectivity index (χ3n) is 2.39. The normalized spacial score (nSPS) is 18.4. The van der Waals surface area contributed by atoms with Crippen LogP contribution in [0.25, 0.3) is 0 Å². The summed E-state index contributed by atoms with van der Waals surface area (Å²) in [7, 11) is 0. The molecule has 1 aromatic rings. The van der Waals surface area contributed by atoms with E-state index in [0.29, 0.717) is 11.3 Å². The van der Waals surface area contributed by atoms with E-state index in [0.717, 1.165) is 0 Å². The molecule has 0 saturated heterocycles. The largest absolute Gasteiger partial charge is 0.506 e.